The van der Waals surface area contributed by atoms with Crippen LogP contribution >= 0.6 is 11.8 Å². The molecule has 0 aromatic carbocycles. The molecule has 4 heteroatoms. The number of hydrogen-bond acceptors (Lipinski definition) is 3. The highest BCUT2D eigenvalue weighted by atomic mass is 32.2. The molecule has 3 N–H and O–H groups in total. The molecule has 0 spiro atoms. The van der Waals surface area contributed by atoms with Gasteiger partial charge in [0.25, 0.3) is 0 Å². The first-order valence-corrected chi connectivity index (χ1v) is 6.33. The summed E-state index contributed by atoms with van der Waals surface area (Å²) < 4.78 is 0. The first-order chi connectivity index (χ1) is 6.57. The molecule has 0 aromatic heterocycles. The molecular weight excluding hydrogens is 196 g/mol. The molecule has 0 aliphatic heterocycles. The average Bonchev–Trinajstić information content (AvgIpc) is 2.09. The zero-order valence-electron chi connectivity index (χ0n) is 9.38. The minimum atomic E-state index is -0.241. The van der Waals surface area contributed by atoms with Crippen LogP contribution in [0.2, 0.25) is 0 Å². The fourth-order valence-electron chi connectivity index (χ4n) is 0.982. The van der Waals surface area contributed by atoms with E-state index in [4.69, 9.17) is 5.73 Å². The van der Waals surface area contributed by atoms with Gasteiger partial charge in [-0.2, -0.15) is 11.8 Å². The van der Waals surface area contributed by atoms with Crippen molar-refractivity contribution in [2.24, 2.45) is 11.7 Å². The zero-order valence-corrected chi connectivity index (χ0v) is 10.2. The van der Waals surface area contributed by atoms with Crippen LogP contribution in [0.25, 0.3) is 0 Å². The standard InChI is InChI=1S/C10H22N2OS/c1-4-5-12-9(10(11)13)7-14-6-8(2)3/h8-9,12H,4-7H2,1-3H3,(H2,11,13). The molecule has 14 heavy (non-hydrogen) atoms. The highest BCUT2D eigenvalue weighted by Crippen LogP contribution is 2.08. The minimum Gasteiger partial charge on any atom is -0.368 e. The normalized spacial score (nSPS) is 13.1. The third-order valence-corrected chi connectivity index (χ3v) is 3.19. The van der Waals surface area contributed by atoms with E-state index in [-0.39, 0.29) is 11.9 Å². The molecule has 0 radical (unpaired) electrons. The van der Waals surface area contributed by atoms with Gasteiger partial charge in [0.15, 0.2) is 0 Å². The molecule has 0 heterocycles. The number of thioether (sulfide) groups is 1. The van der Waals surface area contributed by atoms with Crippen LogP contribution in [0.5, 0.6) is 0 Å². The summed E-state index contributed by atoms with van der Waals surface area (Å²) in [7, 11) is 0. The molecule has 84 valence electrons. The van der Waals surface area contributed by atoms with Crippen LogP contribution in [-0.2, 0) is 4.79 Å². The summed E-state index contributed by atoms with van der Waals surface area (Å²) in [5.74, 6) is 2.29. The van der Waals surface area contributed by atoms with Crippen molar-refractivity contribution in [1.82, 2.24) is 5.32 Å². The summed E-state index contributed by atoms with van der Waals surface area (Å²) in [6, 6.07) is -0.168. The lowest BCUT2D eigenvalue weighted by molar-refractivity contribution is -0.119. The van der Waals surface area contributed by atoms with Crippen molar-refractivity contribution in [1.29, 1.82) is 0 Å². The molecule has 0 bridgehead atoms. The van der Waals surface area contributed by atoms with Crippen molar-refractivity contribution in [3.63, 3.8) is 0 Å². The predicted molar refractivity (Wildman–Crippen MR) is 63.4 cm³/mol. The number of primary amides is 1. The Bertz CT molecular complexity index is 162. The van der Waals surface area contributed by atoms with Gasteiger partial charge in [0.1, 0.15) is 0 Å². The molecule has 0 aliphatic rings. The number of nitrogens with one attached hydrogen (secondary N) is 1. The second kappa shape index (κ2) is 8.12. The Morgan fingerprint density at radius 3 is 2.50 bits per heavy atom. The molecule has 0 saturated heterocycles. The molecule has 1 amide bonds. The van der Waals surface area contributed by atoms with Crippen molar-refractivity contribution in [3.05, 3.63) is 0 Å². The van der Waals surface area contributed by atoms with E-state index in [0.717, 1.165) is 24.5 Å². The van der Waals surface area contributed by atoms with Gasteiger partial charge in [0.2, 0.25) is 5.91 Å². The van der Waals surface area contributed by atoms with Crippen molar-refractivity contribution >= 4 is 17.7 Å². The molecule has 1 unspecified atom stereocenters. The maximum atomic E-state index is 11.0. The lowest BCUT2D eigenvalue weighted by atomic mass is 10.3. The third-order valence-electron chi connectivity index (χ3n) is 1.72. The van der Waals surface area contributed by atoms with E-state index in [1.807, 2.05) is 0 Å². The summed E-state index contributed by atoms with van der Waals surface area (Å²) in [5, 5.41) is 3.15. The minimum absolute atomic E-state index is 0.168. The van der Waals surface area contributed by atoms with Gasteiger partial charge >= 0.3 is 0 Å². The Labute approximate surface area is 91.2 Å². The summed E-state index contributed by atoms with van der Waals surface area (Å²) in [6.07, 6.45) is 1.03. The summed E-state index contributed by atoms with van der Waals surface area (Å²) in [4.78, 5) is 11.0. The van der Waals surface area contributed by atoms with E-state index < -0.39 is 0 Å². The number of carbonyl (C=O) groups is 1. The molecular formula is C10H22N2OS. The largest absolute Gasteiger partial charge is 0.368 e. The quantitative estimate of drug-likeness (QED) is 0.644. The monoisotopic (exact) mass is 218 g/mol. The molecule has 1 atom stereocenters. The SMILES string of the molecule is CCCNC(CSCC(C)C)C(N)=O. The van der Waals surface area contributed by atoms with E-state index in [9.17, 15) is 4.79 Å². The van der Waals surface area contributed by atoms with Gasteiger partial charge in [-0.25, -0.2) is 0 Å². The molecule has 0 aliphatic carbocycles. The predicted octanol–water partition coefficient (Wildman–Crippen LogP) is 1.23. The van der Waals surface area contributed by atoms with Gasteiger partial charge in [-0.1, -0.05) is 20.8 Å². The van der Waals surface area contributed by atoms with Crippen LogP contribution in [0, 0.1) is 5.92 Å². The lowest BCUT2D eigenvalue weighted by Gasteiger charge is -2.14. The number of hydrogen-bond donors (Lipinski definition) is 2. The Morgan fingerprint density at radius 2 is 2.07 bits per heavy atom. The molecule has 0 saturated carbocycles. The molecule has 0 rings (SSSR count). The van der Waals surface area contributed by atoms with Gasteiger partial charge in [-0.3, -0.25) is 4.79 Å². The number of carbonyl (C=O) groups excluding carboxylic acids is 1. The highest BCUT2D eigenvalue weighted by Gasteiger charge is 2.13. The second-order valence-corrected chi connectivity index (χ2v) is 4.92. The summed E-state index contributed by atoms with van der Waals surface area (Å²) >= 11 is 1.78. The van der Waals surface area contributed by atoms with Crippen LogP contribution in [0.3, 0.4) is 0 Å². The first kappa shape index (κ1) is 13.8. The van der Waals surface area contributed by atoms with Crippen LogP contribution in [0.1, 0.15) is 27.2 Å². The van der Waals surface area contributed by atoms with Crippen LogP contribution in [0.15, 0.2) is 0 Å². The van der Waals surface area contributed by atoms with Crippen molar-refractivity contribution in [2.75, 3.05) is 18.1 Å². The lowest BCUT2D eigenvalue weighted by Crippen LogP contribution is -2.43. The van der Waals surface area contributed by atoms with Gasteiger partial charge in [-0.15, -0.1) is 0 Å². The van der Waals surface area contributed by atoms with E-state index in [1.165, 1.54) is 0 Å². The van der Waals surface area contributed by atoms with Crippen molar-refractivity contribution in [3.8, 4) is 0 Å². The van der Waals surface area contributed by atoms with Crippen LogP contribution in [-0.4, -0.2) is 30.0 Å². The Kier molecular flexibility index (Phi) is 7.99. The fraction of sp³-hybridized carbons (Fsp3) is 0.900. The summed E-state index contributed by atoms with van der Waals surface area (Å²) in [5.41, 5.74) is 5.28. The Morgan fingerprint density at radius 1 is 1.43 bits per heavy atom. The Hall–Kier alpha value is -0.220. The van der Waals surface area contributed by atoms with Gasteiger partial charge in [0, 0.05) is 5.75 Å². The van der Waals surface area contributed by atoms with E-state index in [1.54, 1.807) is 11.8 Å². The van der Waals surface area contributed by atoms with E-state index in [0.29, 0.717) is 5.92 Å². The van der Waals surface area contributed by atoms with Gasteiger partial charge < -0.3 is 11.1 Å². The van der Waals surface area contributed by atoms with Gasteiger partial charge in [-0.05, 0) is 24.6 Å². The number of amides is 1. The first-order valence-electron chi connectivity index (χ1n) is 5.18. The second-order valence-electron chi connectivity index (χ2n) is 3.84. The Balaban J connectivity index is 3.68. The molecule has 0 fully saturated rings. The third kappa shape index (κ3) is 7.21. The smallest absolute Gasteiger partial charge is 0.235 e. The number of rotatable bonds is 8. The van der Waals surface area contributed by atoms with Crippen LogP contribution < -0.4 is 11.1 Å². The topological polar surface area (TPSA) is 55.1 Å². The maximum absolute atomic E-state index is 11.0. The maximum Gasteiger partial charge on any atom is 0.235 e. The number of nitrogens with two attached hydrogens (primary N) is 1. The fourth-order valence-corrected chi connectivity index (χ4v) is 2.11. The van der Waals surface area contributed by atoms with Crippen molar-refractivity contribution < 1.29 is 4.79 Å². The van der Waals surface area contributed by atoms with E-state index in [2.05, 4.69) is 26.1 Å². The average molecular weight is 218 g/mol. The van der Waals surface area contributed by atoms with E-state index >= 15 is 0 Å². The molecule has 3 nitrogen and oxygen atoms in total. The molecule has 0 aromatic rings. The van der Waals surface area contributed by atoms with Crippen LogP contribution in [0.4, 0.5) is 0 Å². The van der Waals surface area contributed by atoms with Gasteiger partial charge in [0.05, 0.1) is 6.04 Å². The summed E-state index contributed by atoms with van der Waals surface area (Å²) in [6.45, 7) is 7.28. The highest BCUT2D eigenvalue weighted by molar-refractivity contribution is 7.99. The zero-order chi connectivity index (χ0) is 11.0. The van der Waals surface area contributed by atoms with Crippen molar-refractivity contribution in [2.45, 2.75) is 33.2 Å².